The fourth-order valence-electron chi connectivity index (χ4n) is 3.87. The van der Waals surface area contributed by atoms with Crippen LogP contribution in [0.15, 0.2) is 51.9 Å². The highest BCUT2D eigenvalue weighted by Crippen LogP contribution is 2.35. The van der Waals surface area contributed by atoms with E-state index in [9.17, 15) is 8.42 Å². The van der Waals surface area contributed by atoms with Crippen molar-refractivity contribution in [1.29, 1.82) is 0 Å². The molecule has 184 valence electrons. The highest BCUT2D eigenvalue weighted by molar-refractivity contribution is 7.85. The molecule has 0 saturated carbocycles. The van der Waals surface area contributed by atoms with Crippen LogP contribution >= 0.6 is 0 Å². The fraction of sp³-hybridized carbons (Fsp3) is 0.458. The second kappa shape index (κ2) is 11.2. The third-order valence-electron chi connectivity index (χ3n) is 5.84. The molecular formula is C24H30N2O7S. The molecule has 3 heterocycles. The molecule has 5 rings (SSSR count). The fourth-order valence-corrected chi connectivity index (χ4v) is 4.35. The van der Waals surface area contributed by atoms with Gasteiger partial charge in [-0.2, -0.15) is 8.42 Å². The van der Waals surface area contributed by atoms with E-state index in [1.54, 1.807) is 12.1 Å². The summed E-state index contributed by atoms with van der Waals surface area (Å²) in [5.74, 6) is 1.87. The molecule has 1 atom stereocenters. The molecule has 1 aromatic heterocycles. The maximum absolute atomic E-state index is 10.5. The van der Waals surface area contributed by atoms with Crippen molar-refractivity contribution in [3.8, 4) is 11.6 Å². The molecule has 0 aliphatic carbocycles. The minimum absolute atomic E-state index is 0.0666. The van der Waals surface area contributed by atoms with Crippen LogP contribution in [0.1, 0.15) is 24.8 Å². The van der Waals surface area contributed by atoms with Crippen LogP contribution in [-0.2, 0) is 14.9 Å². The molecule has 9 nitrogen and oxygen atoms in total. The number of benzene rings is 2. The standard InChI is InChI=1S/C17H22N2O4.C7H8O3S/c1-2-14(22-13-6-9-20-11-13)16-15(3-1)23-19-17(16)21-10-12-4-7-18-8-5-12;1-6-2-4-7(5-3-6)11(8,9)10/h1-3,12-13,18H,4-11H2;2-5H,1H3,(H,8,9,10). The second-order valence-electron chi connectivity index (χ2n) is 8.51. The number of nitrogens with zero attached hydrogens (tertiary/aromatic N) is 1. The lowest BCUT2D eigenvalue weighted by Crippen LogP contribution is -2.30. The lowest BCUT2D eigenvalue weighted by atomic mass is 9.99. The first-order valence-electron chi connectivity index (χ1n) is 11.4. The van der Waals surface area contributed by atoms with Gasteiger partial charge in [-0.3, -0.25) is 4.55 Å². The van der Waals surface area contributed by atoms with Crippen molar-refractivity contribution in [1.82, 2.24) is 10.5 Å². The predicted octanol–water partition coefficient (Wildman–Crippen LogP) is 3.62. The smallest absolute Gasteiger partial charge is 0.294 e. The number of fused-ring (bicyclic) bond motifs is 1. The van der Waals surface area contributed by atoms with Crippen LogP contribution in [0.3, 0.4) is 0 Å². The lowest BCUT2D eigenvalue weighted by Gasteiger charge is -2.22. The quantitative estimate of drug-likeness (QED) is 0.499. The summed E-state index contributed by atoms with van der Waals surface area (Å²) in [7, 11) is -4.02. The van der Waals surface area contributed by atoms with Crippen LogP contribution in [0, 0.1) is 12.8 Å². The number of rotatable bonds is 6. The van der Waals surface area contributed by atoms with Gasteiger partial charge in [0.25, 0.3) is 16.0 Å². The van der Waals surface area contributed by atoms with E-state index in [0.29, 0.717) is 30.6 Å². The van der Waals surface area contributed by atoms with Gasteiger partial charge in [0.2, 0.25) is 0 Å². The second-order valence-corrected chi connectivity index (χ2v) is 9.93. The first-order chi connectivity index (χ1) is 16.4. The third-order valence-corrected chi connectivity index (χ3v) is 6.71. The molecular weight excluding hydrogens is 460 g/mol. The molecule has 10 heteroatoms. The molecule has 34 heavy (non-hydrogen) atoms. The highest BCUT2D eigenvalue weighted by atomic mass is 32.2. The molecule has 0 spiro atoms. The SMILES string of the molecule is Cc1ccc(S(=O)(=O)O)cc1.c1cc(OC2CCOC2)c2c(OCC3CCNCC3)noc2c1. The Morgan fingerprint density at radius 2 is 1.88 bits per heavy atom. The molecule has 2 aliphatic heterocycles. The van der Waals surface area contributed by atoms with Crippen LogP contribution in [0.25, 0.3) is 11.0 Å². The topological polar surface area (TPSA) is 120 Å². The summed E-state index contributed by atoms with van der Waals surface area (Å²) >= 11 is 0. The minimum atomic E-state index is -4.02. The Balaban J connectivity index is 0.000000210. The maximum Gasteiger partial charge on any atom is 0.294 e. The van der Waals surface area contributed by atoms with E-state index < -0.39 is 10.1 Å². The van der Waals surface area contributed by atoms with Crippen molar-refractivity contribution in [2.75, 3.05) is 32.9 Å². The molecule has 2 aliphatic rings. The van der Waals surface area contributed by atoms with Gasteiger partial charge in [0.15, 0.2) is 5.58 Å². The summed E-state index contributed by atoms with van der Waals surface area (Å²) in [6, 6.07) is 11.7. The van der Waals surface area contributed by atoms with Crippen molar-refractivity contribution in [2.24, 2.45) is 5.92 Å². The van der Waals surface area contributed by atoms with E-state index in [1.165, 1.54) is 12.1 Å². The van der Waals surface area contributed by atoms with Gasteiger partial charge in [0, 0.05) is 6.42 Å². The largest absolute Gasteiger partial charge is 0.487 e. The first kappa shape index (κ1) is 24.5. The number of hydrogen-bond acceptors (Lipinski definition) is 8. The Kier molecular flexibility index (Phi) is 8.04. The molecule has 2 saturated heterocycles. The highest BCUT2D eigenvalue weighted by Gasteiger charge is 2.22. The summed E-state index contributed by atoms with van der Waals surface area (Å²) in [6.45, 7) is 6.02. The van der Waals surface area contributed by atoms with E-state index >= 15 is 0 Å². The van der Waals surface area contributed by atoms with Crippen molar-refractivity contribution in [2.45, 2.75) is 37.2 Å². The number of aromatic nitrogens is 1. The van der Waals surface area contributed by atoms with Crippen molar-refractivity contribution >= 4 is 21.1 Å². The number of nitrogens with one attached hydrogen (secondary N) is 1. The van der Waals surface area contributed by atoms with Gasteiger partial charge in [-0.1, -0.05) is 23.8 Å². The maximum atomic E-state index is 10.5. The number of piperidine rings is 1. The average molecular weight is 491 g/mol. The first-order valence-corrected chi connectivity index (χ1v) is 12.8. The minimum Gasteiger partial charge on any atom is -0.487 e. The number of ether oxygens (including phenoxy) is 3. The summed E-state index contributed by atoms with van der Waals surface area (Å²) < 4.78 is 52.4. The molecule has 0 radical (unpaired) electrons. The van der Waals surface area contributed by atoms with Gasteiger partial charge in [0.05, 0.1) is 24.7 Å². The normalized spacial score (nSPS) is 18.9. The van der Waals surface area contributed by atoms with Gasteiger partial charge >= 0.3 is 0 Å². The zero-order valence-corrected chi connectivity index (χ0v) is 19.9. The van der Waals surface area contributed by atoms with Crippen molar-refractivity contribution in [3.05, 3.63) is 48.0 Å². The van der Waals surface area contributed by atoms with Gasteiger partial charge < -0.3 is 24.1 Å². The number of aryl methyl sites for hydroxylation is 1. The van der Waals surface area contributed by atoms with Gasteiger partial charge in [-0.05, 0) is 68.2 Å². The Bertz CT molecular complexity index is 1170. The van der Waals surface area contributed by atoms with E-state index in [0.717, 1.165) is 55.7 Å². The monoisotopic (exact) mass is 490 g/mol. The molecule has 3 aromatic rings. The Morgan fingerprint density at radius 1 is 1.12 bits per heavy atom. The number of hydrogen-bond donors (Lipinski definition) is 2. The lowest BCUT2D eigenvalue weighted by molar-refractivity contribution is 0.142. The zero-order chi connectivity index (χ0) is 24.0. The summed E-state index contributed by atoms with van der Waals surface area (Å²) in [4.78, 5) is -0.0666. The van der Waals surface area contributed by atoms with E-state index in [-0.39, 0.29) is 11.0 Å². The molecule has 0 amide bonds. The van der Waals surface area contributed by atoms with Crippen molar-refractivity contribution < 1.29 is 31.7 Å². The van der Waals surface area contributed by atoms with Gasteiger partial charge in [-0.15, -0.1) is 0 Å². The summed E-state index contributed by atoms with van der Waals surface area (Å²) in [5.41, 5.74) is 1.65. The van der Waals surface area contributed by atoms with E-state index in [4.69, 9.17) is 23.3 Å². The van der Waals surface area contributed by atoms with Crippen LogP contribution in [0.5, 0.6) is 11.6 Å². The Morgan fingerprint density at radius 3 is 2.56 bits per heavy atom. The zero-order valence-electron chi connectivity index (χ0n) is 19.1. The molecule has 2 fully saturated rings. The Labute approximate surface area is 199 Å². The third kappa shape index (κ3) is 6.47. The van der Waals surface area contributed by atoms with Crippen LogP contribution < -0.4 is 14.8 Å². The molecule has 2 N–H and O–H groups in total. The van der Waals surface area contributed by atoms with Gasteiger partial charge in [-0.25, -0.2) is 0 Å². The molecule has 0 bridgehead atoms. The van der Waals surface area contributed by atoms with Crippen molar-refractivity contribution in [3.63, 3.8) is 0 Å². The molecule has 2 aromatic carbocycles. The average Bonchev–Trinajstić information content (AvgIpc) is 3.49. The predicted molar refractivity (Wildman–Crippen MR) is 126 cm³/mol. The Hall–Kier alpha value is -2.66. The van der Waals surface area contributed by atoms with E-state index in [1.807, 2.05) is 25.1 Å². The van der Waals surface area contributed by atoms with Crippen LogP contribution in [0.4, 0.5) is 0 Å². The van der Waals surface area contributed by atoms with Gasteiger partial charge in [0.1, 0.15) is 17.2 Å². The van der Waals surface area contributed by atoms with Crippen LogP contribution in [0.2, 0.25) is 0 Å². The molecule has 1 unspecified atom stereocenters. The van der Waals surface area contributed by atoms with Crippen LogP contribution in [-0.4, -0.2) is 57.1 Å². The summed E-state index contributed by atoms with van der Waals surface area (Å²) in [6.07, 6.45) is 3.28. The summed E-state index contributed by atoms with van der Waals surface area (Å²) in [5, 5.41) is 8.28. The van der Waals surface area contributed by atoms with E-state index in [2.05, 4.69) is 10.5 Å².